The minimum Gasteiger partial charge on any atom is -0.385 e. The Morgan fingerprint density at radius 1 is 1.17 bits per heavy atom. The summed E-state index contributed by atoms with van der Waals surface area (Å²) in [5.74, 6) is -1.02. The lowest BCUT2D eigenvalue weighted by Gasteiger charge is -2.14. The fraction of sp³-hybridized carbons (Fsp3) is 0.273. The maximum atomic E-state index is 14.2. The molecule has 0 amide bonds. The van der Waals surface area contributed by atoms with Crippen LogP contribution in [-0.4, -0.2) is 28.8 Å². The van der Waals surface area contributed by atoms with E-state index in [2.05, 4.69) is 16.9 Å². The van der Waals surface area contributed by atoms with Crippen molar-refractivity contribution < 1.29 is 18.6 Å². The molecule has 3 N–H and O–H groups in total. The van der Waals surface area contributed by atoms with Crippen molar-refractivity contribution in [3.8, 4) is 11.3 Å². The van der Waals surface area contributed by atoms with Crippen molar-refractivity contribution in [2.24, 2.45) is 0 Å². The van der Waals surface area contributed by atoms with Gasteiger partial charge in [0.25, 0.3) is 0 Å². The van der Waals surface area contributed by atoms with E-state index in [9.17, 15) is 13.9 Å². The molecule has 5 nitrogen and oxygen atoms in total. The minimum absolute atomic E-state index is 0.0207. The normalized spacial score (nSPS) is 11.5. The molecular formula is C22H24ClF2N3O2. The van der Waals surface area contributed by atoms with Crippen LogP contribution in [0.5, 0.6) is 0 Å². The molecule has 3 aromatic rings. The fourth-order valence-electron chi connectivity index (χ4n) is 2.60. The quantitative estimate of drug-likeness (QED) is 0.522. The highest BCUT2D eigenvalue weighted by molar-refractivity contribution is 6.32. The van der Waals surface area contributed by atoms with Gasteiger partial charge in [0.1, 0.15) is 17.7 Å². The molecule has 2 aromatic carbocycles. The van der Waals surface area contributed by atoms with Crippen LogP contribution < -0.4 is 5.73 Å². The topological polar surface area (TPSA) is 81.3 Å². The van der Waals surface area contributed by atoms with E-state index in [0.29, 0.717) is 16.8 Å². The van der Waals surface area contributed by atoms with Gasteiger partial charge in [0.2, 0.25) is 5.95 Å². The lowest BCUT2D eigenvalue weighted by atomic mass is 9.98. The molecule has 0 bridgehead atoms. The van der Waals surface area contributed by atoms with Crippen molar-refractivity contribution in [3.63, 3.8) is 0 Å². The van der Waals surface area contributed by atoms with E-state index >= 15 is 0 Å². The number of hydrogen-bond acceptors (Lipinski definition) is 5. The van der Waals surface area contributed by atoms with E-state index in [1.165, 1.54) is 61.5 Å². The number of benzene rings is 2. The molecule has 8 heteroatoms. The molecule has 0 aliphatic heterocycles. The molecule has 0 aliphatic carbocycles. The Bertz CT molecular complexity index is 952. The lowest BCUT2D eigenvalue weighted by Crippen LogP contribution is -2.04. The summed E-state index contributed by atoms with van der Waals surface area (Å²) in [6.07, 6.45) is 2.51. The van der Waals surface area contributed by atoms with E-state index in [4.69, 9.17) is 22.1 Å². The van der Waals surface area contributed by atoms with Gasteiger partial charge in [0.05, 0.1) is 16.9 Å². The first-order valence-electron chi connectivity index (χ1n) is 9.37. The third-order valence-corrected chi connectivity index (χ3v) is 4.49. The van der Waals surface area contributed by atoms with Gasteiger partial charge in [-0.1, -0.05) is 37.1 Å². The molecule has 1 unspecified atom stereocenters. The molecule has 3 rings (SSSR count). The molecule has 0 radical (unpaired) electrons. The Labute approximate surface area is 179 Å². The maximum absolute atomic E-state index is 14.2. The summed E-state index contributed by atoms with van der Waals surface area (Å²) in [4.78, 5) is 7.81. The van der Waals surface area contributed by atoms with Gasteiger partial charge in [-0.25, -0.2) is 18.7 Å². The van der Waals surface area contributed by atoms with Crippen LogP contribution in [0, 0.1) is 11.6 Å². The molecule has 1 aromatic heterocycles. The van der Waals surface area contributed by atoms with Gasteiger partial charge >= 0.3 is 0 Å². The first kappa shape index (κ1) is 23.7. The van der Waals surface area contributed by atoms with Crippen LogP contribution in [0.4, 0.5) is 14.7 Å². The van der Waals surface area contributed by atoms with Crippen LogP contribution in [0.1, 0.15) is 37.0 Å². The van der Waals surface area contributed by atoms with Gasteiger partial charge in [-0.3, -0.25) is 0 Å². The number of nitrogen functional groups attached to an aromatic ring is 1. The van der Waals surface area contributed by atoms with Crippen LogP contribution in [0.15, 0.2) is 48.7 Å². The highest BCUT2D eigenvalue weighted by atomic mass is 35.5. The molecule has 0 aliphatic rings. The number of nitrogens with zero attached hydrogens (tertiary/aromatic N) is 2. The smallest absolute Gasteiger partial charge is 0.220 e. The Morgan fingerprint density at radius 2 is 1.87 bits per heavy atom. The Balaban J connectivity index is 0.000000469. The van der Waals surface area contributed by atoms with Crippen LogP contribution >= 0.6 is 11.6 Å². The number of methoxy groups -OCH3 is 1. The number of halogens is 3. The highest BCUT2D eigenvalue weighted by Crippen LogP contribution is 2.31. The monoisotopic (exact) mass is 435 g/mol. The predicted octanol–water partition coefficient (Wildman–Crippen LogP) is 5.17. The van der Waals surface area contributed by atoms with Gasteiger partial charge in [-0.2, -0.15) is 0 Å². The zero-order chi connectivity index (χ0) is 22.1. The Kier molecular flexibility index (Phi) is 9.11. The summed E-state index contributed by atoms with van der Waals surface area (Å²) in [7, 11) is 1.73. The molecule has 160 valence electrons. The van der Waals surface area contributed by atoms with E-state index in [-0.39, 0.29) is 16.5 Å². The second-order valence-electron chi connectivity index (χ2n) is 6.46. The van der Waals surface area contributed by atoms with Gasteiger partial charge in [-0.15, -0.1) is 0 Å². The van der Waals surface area contributed by atoms with Crippen LogP contribution in [0.3, 0.4) is 0 Å². The first-order valence-corrected chi connectivity index (χ1v) is 9.75. The lowest BCUT2D eigenvalue weighted by molar-refractivity contribution is 0.194. The Morgan fingerprint density at radius 3 is 2.47 bits per heavy atom. The van der Waals surface area contributed by atoms with Crippen LogP contribution in [-0.2, 0) is 4.74 Å². The third-order valence-electron chi connectivity index (χ3n) is 4.21. The Hall–Kier alpha value is -2.61. The van der Waals surface area contributed by atoms with Crippen LogP contribution in [0.2, 0.25) is 5.02 Å². The first-order chi connectivity index (χ1) is 14.4. The fourth-order valence-corrected chi connectivity index (χ4v) is 2.80. The van der Waals surface area contributed by atoms with E-state index in [1.54, 1.807) is 7.11 Å². The molecular weight excluding hydrogens is 412 g/mol. The largest absolute Gasteiger partial charge is 0.385 e. The second kappa shape index (κ2) is 11.5. The minimum atomic E-state index is -1.26. The van der Waals surface area contributed by atoms with Gasteiger partial charge in [0, 0.05) is 24.8 Å². The summed E-state index contributed by atoms with van der Waals surface area (Å²) in [6, 6.07) is 9.28. The van der Waals surface area contributed by atoms with Gasteiger partial charge in [0.15, 0.2) is 0 Å². The predicted molar refractivity (Wildman–Crippen MR) is 114 cm³/mol. The number of rotatable bonds is 6. The molecule has 0 saturated heterocycles. The maximum Gasteiger partial charge on any atom is 0.220 e. The second-order valence-corrected chi connectivity index (χ2v) is 6.87. The number of hydrogen-bond donors (Lipinski definition) is 2. The van der Waals surface area contributed by atoms with E-state index in [1.807, 2.05) is 0 Å². The highest BCUT2D eigenvalue weighted by Gasteiger charge is 2.17. The number of anilines is 1. The third kappa shape index (κ3) is 6.45. The SMILES string of the molecule is CCCCOC.Nc1ncc(Cl)c(-c2ccc(F)c(C(O)c3ccc(F)cc3)c2)n1. The van der Waals surface area contributed by atoms with E-state index in [0.717, 1.165) is 6.61 Å². The molecule has 1 heterocycles. The van der Waals surface area contributed by atoms with Crippen molar-refractivity contribution in [1.29, 1.82) is 0 Å². The standard InChI is InChI=1S/C17H12ClF2N3O.C5H12O/c18-13-8-22-17(21)23-15(13)10-3-6-14(20)12(7-10)16(24)9-1-4-11(19)5-2-9;1-3-4-5-6-2/h1-8,16,24H,(H2,21,22,23);3-5H2,1-2H3. The van der Waals surface area contributed by atoms with Crippen LogP contribution in [0.25, 0.3) is 11.3 Å². The number of aliphatic hydroxyl groups excluding tert-OH is 1. The summed E-state index contributed by atoms with van der Waals surface area (Å²) in [5, 5.41) is 10.7. The number of aromatic nitrogens is 2. The van der Waals surface area contributed by atoms with Crippen molar-refractivity contribution in [2.45, 2.75) is 25.9 Å². The molecule has 30 heavy (non-hydrogen) atoms. The van der Waals surface area contributed by atoms with Gasteiger partial charge < -0.3 is 15.6 Å². The number of aliphatic hydroxyl groups is 1. The molecule has 0 fully saturated rings. The summed E-state index contributed by atoms with van der Waals surface area (Å²) >= 11 is 6.06. The van der Waals surface area contributed by atoms with Crippen molar-refractivity contribution >= 4 is 17.5 Å². The number of nitrogens with two attached hydrogens (primary N) is 1. The van der Waals surface area contributed by atoms with Gasteiger partial charge in [-0.05, 0) is 42.3 Å². The van der Waals surface area contributed by atoms with Crippen molar-refractivity contribution in [3.05, 3.63) is 76.4 Å². The van der Waals surface area contributed by atoms with Crippen molar-refractivity contribution in [1.82, 2.24) is 9.97 Å². The zero-order valence-corrected chi connectivity index (χ0v) is 17.5. The number of unbranched alkanes of at least 4 members (excludes halogenated alkanes) is 1. The summed E-state index contributed by atoms with van der Waals surface area (Å²) < 4.78 is 31.9. The average Bonchev–Trinajstić information content (AvgIpc) is 2.75. The summed E-state index contributed by atoms with van der Waals surface area (Å²) in [6.45, 7) is 3.07. The summed E-state index contributed by atoms with van der Waals surface area (Å²) in [5.41, 5.74) is 6.75. The molecule has 0 spiro atoms. The number of ether oxygens (including phenoxy) is 1. The molecule has 1 atom stereocenters. The van der Waals surface area contributed by atoms with E-state index < -0.39 is 17.7 Å². The molecule has 0 saturated carbocycles. The zero-order valence-electron chi connectivity index (χ0n) is 16.8. The van der Waals surface area contributed by atoms with Crippen molar-refractivity contribution in [2.75, 3.05) is 19.5 Å². The average molecular weight is 436 g/mol.